The van der Waals surface area contributed by atoms with Crippen LogP contribution in [0.3, 0.4) is 0 Å². The zero-order valence-electron chi connectivity index (χ0n) is 20.9. The molecule has 10 nitrogen and oxygen atoms in total. The van der Waals surface area contributed by atoms with Gasteiger partial charge in [-0.1, -0.05) is 39.8 Å². The van der Waals surface area contributed by atoms with E-state index < -0.39 is 26.9 Å². The molecule has 0 aliphatic heterocycles. The minimum atomic E-state index is -4.00. The summed E-state index contributed by atoms with van der Waals surface area (Å²) in [7, 11) is -2.68. The summed E-state index contributed by atoms with van der Waals surface area (Å²) in [5.74, 6) is 0.186. The van der Waals surface area contributed by atoms with Crippen molar-refractivity contribution in [3.8, 4) is 11.5 Å². The molecule has 2 aromatic carbocycles. The number of methoxy groups -OCH3 is 1. The first-order valence-corrected chi connectivity index (χ1v) is 13.0. The molecule has 0 aliphatic rings. The van der Waals surface area contributed by atoms with Crippen LogP contribution in [-0.4, -0.2) is 51.8 Å². The molecule has 0 aliphatic carbocycles. The molecular formula is C24H33N3O7S. The number of hydrogen-bond donors (Lipinski definition) is 1. The van der Waals surface area contributed by atoms with Crippen molar-refractivity contribution in [3.63, 3.8) is 0 Å². The molecule has 1 amide bonds. The van der Waals surface area contributed by atoms with Crippen LogP contribution in [0.25, 0.3) is 0 Å². The summed E-state index contributed by atoms with van der Waals surface area (Å²) in [6.45, 7) is 8.32. The highest BCUT2D eigenvalue weighted by molar-refractivity contribution is 7.92. The fourth-order valence-electron chi connectivity index (χ4n) is 3.51. The van der Waals surface area contributed by atoms with Gasteiger partial charge in [-0.2, -0.15) is 0 Å². The number of carbonyl (C=O) groups is 1. The van der Waals surface area contributed by atoms with E-state index in [9.17, 15) is 23.3 Å². The van der Waals surface area contributed by atoms with Crippen LogP contribution in [0.2, 0.25) is 0 Å². The maximum atomic E-state index is 13.0. The van der Waals surface area contributed by atoms with E-state index in [-0.39, 0.29) is 42.1 Å². The van der Waals surface area contributed by atoms with Crippen molar-refractivity contribution < 1.29 is 27.6 Å². The van der Waals surface area contributed by atoms with Gasteiger partial charge in [-0.3, -0.25) is 19.2 Å². The van der Waals surface area contributed by atoms with Crippen molar-refractivity contribution in [1.82, 2.24) is 5.32 Å². The smallest absolute Gasteiger partial charge is 0.271 e. The van der Waals surface area contributed by atoms with E-state index in [0.29, 0.717) is 5.75 Å². The molecule has 0 heterocycles. The number of benzene rings is 2. The molecule has 0 aromatic heterocycles. The van der Waals surface area contributed by atoms with E-state index >= 15 is 0 Å². The van der Waals surface area contributed by atoms with Crippen LogP contribution in [0.5, 0.6) is 11.5 Å². The van der Waals surface area contributed by atoms with Crippen LogP contribution in [0.15, 0.2) is 42.5 Å². The molecule has 0 spiro atoms. The Kier molecular flexibility index (Phi) is 9.08. The van der Waals surface area contributed by atoms with Crippen molar-refractivity contribution in [2.75, 3.05) is 30.8 Å². The molecule has 192 valence electrons. The van der Waals surface area contributed by atoms with Gasteiger partial charge in [0.05, 0.1) is 24.8 Å². The predicted octanol–water partition coefficient (Wildman–Crippen LogP) is 3.64. The van der Waals surface area contributed by atoms with Gasteiger partial charge in [0.2, 0.25) is 15.9 Å². The summed E-state index contributed by atoms with van der Waals surface area (Å²) in [5, 5.41) is 14.0. The lowest BCUT2D eigenvalue weighted by Gasteiger charge is -2.30. The summed E-state index contributed by atoms with van der Waals surface area (Å²) in [6, 6.07) is 10.1. The number of amides is 1. The summed E-state index contributed by atoms with van der Waals surface area (Å²) in [5.41, 5.74) is 0.785. The van der Waals surface area contributed by atoms with Crippen LogP contribution in [0, 0.1) is 10.1 Å². The van der Waals surface area contributed by atoms with E-state index in [1.807, 2.05) is 24.3 Å². The van der Waals surface area contributed by atoms with Crippen molar-refractivity contribution in [3.05, 3.63) is 58.1 Å². The van der Waals surface area contributed by atoms with Gasteiger partial charge in [-0.25, -0.2) is 8.42 Å². The second-order valence-electron chi connectivity index (χ2n) is 9.01. The quantitative estimate of drug-likeness (QED) is 0.279. The van der Waals surface area contributed by atoms with E-state index in [4.69, 9.17) is 9.47 Å². The number of non-ortho nitro benzene ring substituents is 1. The maximum absolute atomic E-state index is 13.0. The largest absolute Gasteiger partial charge is 0.495 e. The fourth-order valence-corrected chi connectivity index (χ4v) is 4.72. The number of nitro benzene ring substituents is 1. The minimum absolute atomic E-state index is 0.0228. The molecule has 1 N–H and O–H groups in total. The Morgan fingerprint density at radius 2 is 1.80 bits per heavy atom. The van der Waals surface area contributed by atoms with Crippen molar-refractivity contribution in [1.29, 1.82) is 0 Å². The van der Waals surface area contributed by atoms with Crippen LogP contribution >= 0.6 is 0 Å². The maximum Gasteiger partial charge on any atom is 0.271 e. The Hall–Kier alpha value is -3.34. The molecule has 1 unspecified atom stereocenters. The molecular weight excluding hydrogens is 474 g/mol. The molecule has 2 aromatic rings. The van der Waals surface area contributed by atoms with Gasteiger partial charge in [-0.05, 0) is 35.6 Å². The number of nitrogens with zero attached hydrogens (tertiary/aromatic N) is 2. The number of ether oxygens (including phenoxy) is 2. The molecule has 11 heteroatoms. The predicted molar refractivity (Wildman–Crippen MR) is 135 cm³/mol. The van der Waals surface area contributed by atoms with Crippen LogP contribution in [-0.2, 0) is 20.2 Å². The highest BCUT2D eigenvalue weighted by Gasteiger charge is 2.34. The van der Waals surface area contributed by atoms with Crippen molar-refractivity contribution in [2.45, 2.75) is 45.6 Å². The number of rotatable bonds is 11. The first-order valence-electron chi connectivity index (χ1n) is 11.1. The molecule has 0 saturated heterocycles. The normalized spacial score (nSPS) is 12.5. The summed E-state index contributed by atoms with van der Waals surface area (Å²) in [4.78, 5) is 23.6. The van der Waals surface area contributed by atoms with Crippen LogP contribution in [0.4, 0.5) is 11.4 Å². The topological polar surface area (TPSA) is 128 Å². The van der Waals surface area contributed by atoms with Gasteiger partial charge in [-0.15, -0.1) is 0 Å². The van der Waals surface area contributed by atoms with Gasteiger partial charge >= 0.3 is 0 Å². The monoisotopic (exact) mass is 507 g/mol. The molecule has 0 saturated carbocycles. The number of carbonyl (C=O) groups excluding carboxylic acids is 1. The minimum Gasteiger partial charge on any atom is -0.495 e. The average molecular weight is 508 g/mol. The van der Waals surface area contributed by atoms with Gasteiger partial charge < -0.3 is 14.8 Å². The number of nitro groups is 1. The summed E-state index contributed by atoms with van der Waals surface area (Å²) < 4.78 is 37.2. The van der Waals surface area contributed by atoms with Crippen molar-refractivity contribution >= 4 is 27.3 Å². The van der Waals surface area contributed by atoms with Crippen LogP contribution < -0.4 is 19.1 Å². The number of anilines is 1. The van der Waals surface area contributed by atoms with Gasteiger partial charge in [0.25, 0.3) is 5.69 Å². The summed E-state index contributed by atoms with van der Waals surface area (Å²) >= 11 is 0. The third kappa shape index (κ3) is 7.32. The molecule has 0 bridgehead atoms. The molecule has 2 rings (SSSR count). The zero-order valence-corrected chi connectivity index (χ0v) is 21.7. The molecule has 0 fully saturated rings. The Morgan fingerprint density at radius 1 is 1.17 bits per heavy atom. The SMILES string of the molecule is CCC(C(=O)NCCOc1ccc(C(C)(C)C)cc1)N(c1cc([N+](=O)[O-])ccc1OC)S(C)(=O)=O. The molecule has 35 heavy (non-hydrogen) atoms. The summed E-state index contributed by atoms with van der Waals surface area (Å²) in [6.07, 6.45) is 1.06. The highest BCUT2D eigenvalue weighted by atomic mass is 32.2. The van der Waals surface area contributed by atoms with E-state index in [0.717, 1.165) is 16.6 Å². The Labute approximate surface area is 206 Å². The Bertz CT molecular complexity index is 1140. The van der Waals surface area contributed by atoms with E-state index in [1.54, 1.807) is 6.92 Å². The number of nitrogens with one attached hydrogen (secondary N) is 1. The van der Waals surface area contributed by atoms with Crippen LogP contribution in [0.1, 0.15) is 39.7 Å². The lowest BCUT2D eigenvalue weighted by Crippen LogP contribution is -2.50. The van der Waals surface area contributed by atoms with Gasteiger partial charge in [0.15, 0.2) is 0 Å². The first-order chi connectivity index (χ1) is 16.3. The van der Waals surface area contributed by atoms with E-state index in [2.05, 4.69) is 26.1 Å². The first kappa shape index (κ1) is 27.9. The third-order valence-corrected chi connectivity index (χ3v) is 6.50. The number of hydrogen-bond acceptors (Lipinski definition) is 7. The second-order valence-corrected chi connectivity index (χ2v) is 10.9. The van der Waals surface area contributed by atoms with E-state index in [1.165, 1.54) is 24.8 Å². The van der Waals surface area contributed by atoms with Crippen molar-refractivity contribution in [2.24, 2.45) is 0 Å². The second kappa shape index (κ2) is 11.4. The Balaban J connectivity index is 2.16. The fraction of sp³-hybridized carbons (Fsp3) is 0.458. The standard InChI is InChI=1S/C24H33N3O7S/c1-7-20(23(28)25-14-15-34-19-11-8-17(9-12-19)24(2,3)4)26(35(6,31)32)21-16-18(27(29)30)10-13-22(21)33-5/h8-13,16,20H,7,14-15H2,1-6H3,(H,25,28). The third-order valence-electron chi connectivity index (χ3n) is 5.33. The molecule has 0 radical (unpaired) electrons. The lowest BCUT2D eigenvalue weighted by molar-refractivity contribution is -0.384. The molecule has 1 atom stereocenters. The zero-order chi connectivity index (χ0) is 26.4. The van der Waals surface area contributed by atoms with Gasteiger partial charge in [0, 0.05) is 12.1 Å². The van der Waals surface area contributed by atoms with Gasteiger partial charge in [0.1, 0.15) is 29.8 Å². The number of sulfonamides is 1. The lowest BCUT2D eigenvalue weighted by atomic mass is 9.87. The average Bonchev–Trinajstić information content (AvgIpc) is 2.78. The Morgan fingerprint density at radius 3 is 2.29 bits per heavy atom. The highest BCUT2D eigenvalue weighted by Crippen LogP contribution is 2.35.